The predicted molar refractivity (Wildman–Crippen MR) is 132 cm³/mol. The molecule has 0 saturated carbocycles. The van der Waals surface area contributed by atoms with Crippen molar-refractivity contribution < 1.29 is 29.5 Å². The van der Waals surface area contributed by atoms with Crippen molar-refractivity contribution in [2.24, 2.45) is 5.16 Å². The van der Waals surface area contributed by atoms with Gasteiger partial charge in [-0.1, -0.05) is 5.16 Å². The van der Waals surface area contributed by atoms with E-state index in [-0.39, 0.29) is 28.2 Å². The summed E-state index contributed by atoms with van der Waals surface area (Å²) < 4.78 is 0. The summed E-state index contributed by atoms with van der Waals surface area (Å²) in [5.74, 6) is -2.57. The Morgan fingerprint density at radius 3 is 2.76 bits per heavy atom. The summed E-state index contributed by atoms with van der Waals surface area (Å²) in [6.07, 6.45) is 6.31. The lowest BCUT2D eigenvalue weighted by atomic mass is 10.0. The van der Waals surface area contributed by atoms with Gasteiger partial charge in [-0.25, -0.2) is 14.8 Å². The summed E-state index contributed by atoms with van der Waals surface area (Å²) in [5, 5.41) is 25.5. The van der Waals surface area contributed by atoms with Gasteiger partial charge in [0, 0.05) is 35.6 Å². The van der Waals surface area contributed by atoms with E-state index in [4.69, 9.17) is 5.73 Å². The van der Waals surface area contributed by atoms with Gasteiger partial charge in [0.15, 0.2) is 16.7 Å². The van der Waals surface area contributed by atoms with Crippen LogP contribution in [-0.4, -0.2) is 83.3 Å². The maximum Gasteiger partial charge on any atom is 0.352 e. The Balaban J connectivity index is 1.35. The Hall–Kier alpha value is -4.31. The van der Waals surface area contributed by atoms with Crippen LogP contribution in [0.1, 0.15) is 12.1 Å². The van der Waals surface area contributed by atoms with Gasteiger partial charge in [-0.2, -0.15) is 0 Å². The smallest absolute Gasteiger partial charge is 0.352 e. The van der Waals surface area contributed by atoms with Gasteiger partial charge in [0.1, 0.15) is 22.8 Å². The van der Waals surface area contributed by atoms with E-state index in [9.17, 15) is 29.5 Å². The first-order chi connectivity index (χ1) is 17.8. The zero-order chi connectivity index (χ0) is 26.3. The number of amides is 3. The lowest BCUT2D eigenvalue weighted by molar-refractivity contribution is -0.150. The number of nitrogen functional groups attached to an aromatic ring is 1. The Kier molecular flexibility index (Phi) is 6.34. The first-order valence-corrected chi connectivity index (χ1v) is 12.7. The van der Waals surface area contributed by atoms with E-state index in [0.29, 0.717) is 29.9 Å². The van der Waals surface area contributed by atoms with Gasteiger partial charge in [0.2, 0.25) is 0 Å². The standard InChI is InChI=1S/C21H18N8O6S2/c22-21-25-11(8-37-21)13(27-35)16(30)26-14-18(32)29-15(20(33)34)10(7-36-19(14)29)5-9-1-4-28(17(9)31)12-6-23-2-3-24-12/h2-3,5-6,8,14,19,35H,1,4,7H2,(H2,22,25)(H,26,30)(H,33,34). The summed E-state index contributed by atoms with van der Waals surface area (Å²) in [6.45, 7) is 0.366. The van der Waals surface area contributed by atoms with Crippen LogP contribution in [0.2, 0.25) is 0 Å². The van der Waals surface area contributed by atoms with Gasteiger partial charge in [-0.15, -0.1) is 23.1 Å². The van der Waals surface area contributed by atoms with Crippen molar-refractivity contribution >= 4 is 63.5 Å². The third-order valence-electron chi connectivity index (χ3n) is 5.87. The normalized spacial score (nSPS) is 22.8. The SMILES string of the molecule is Nc1nc(C(=NO)C(=O)NC2C(=O)N3C(C(=O)O)=C(C=C4CCN(c5cnccn5)C4=O)CSC23)cs1. The molecule has 14 nitrogen and oxygen atoms in total. The molecule has 0 radical (unpaired) electrons. The van der Waals surface area contributed by atoms with Crippen molar-refractivity contribution in [1.82, 2.24) is 25.2 Å². The molecule has 0 bridgehead atoms. The molecule has 5 rings (SSSR count). The van der Waals surface area contributed by atoms with Crippen molar-refractivity contribution in [1.29, 1.82) is 0 Å². The highest BCUT2D eigenvalue weighted by Gasteiger charge is 2.54. The second-order valence-electron chi connectivity index (χ2n) is 8.00. The van der Waals surface area contributed by atoms with Gasteiger partial charge >= 0.3 is 5.97 Å². The Bertz CT molecular complexity index is 1400. The molecule has 2 fully saturated rings. The fourth-order valence-corrected chi connectivity index (χ4v) is 6.03. The number of rotatable bonds is 6. The second kappa shape index (κ2) is 9.62. The number of anilines is 2. The topological polar surface area (TPSA) is 204 Å². The van der Waals surface area contributed by atoms with E-state index in [0.717, 1.165) is 16.2 Å². The van der Waals surface area contributed by atoms with E-state index in [2.05, 4.69) is 25.4 Å². The fraction of sp³-hybridized carbons (Fsp3) is 0.238. The van der Waals surface area contributed by atoms with E-state index >= 15 is 0 Å². The molecule has 2 unspecified atom stereocenters. The second-order valence-corrected chi connectivity index (χ2v) is 9.99. The first kappa shape index (κ1) is 24.4. The largest absolute Gasteiger partial charge is 0.477 e. The molecule has 5 N–H and O–H groups in total. The van der Waals surface area contributed by atoms with Crippen LogP contribution in [0.3, 0.4) is 0 Å². The van der Waals surface area contributed by atoms with E-state index in [1.54, 1.807) is 0 Å². The van der Waals surface area contributed by atoms with Crippen LogP contribution in [0.25, 0.3) is 0 Å². The Labute approximate surface area is 216 Å². The van der Waals surface area contributed by atoms with Crippen LogP contribution in [0.15, 0.2) is 52.0 Å². The van der Waals surface area contributed by atoms with Crippen LogP contribution in [0, 0.1) is 0 Å². The highest BCUT2D eigenvalue weighted by molar-refractivity contribution is 8.00. The molecule has 190 valence electrons. The number of nitrogens with zero attached hydrogens (tertiary/aromatic N) is 6. The van der Waals surface area contributed by atoms with Gasteiger partial charge in [-0.05, 0) is 18.1 Å². The van der Waals surface area contributed by atoms with Gasteiger partial charge < -0.3 is 21.4 Å². The van der Waals surface area contributed by atoms with Crippen LogP contribution in [0.5, 0.6) is 0 Å². The average Bonchev–Trinajstić information content (AvgIpc) is 3.48. The number of oxime groups is 1. The molecule has 37 heavy (non-hydrogen) atoms. The molecule has 0 aromatic carbocycles. The predicted octanol–water partition coefficient (Wildman–Crippen LogP) is -0.204. The molecular formula is C21H18N8O6S2. The van der Waals surface area contributed by atoms with E-state index < -0.39 is 34.9 Å². The van der Waals surface area contributed by atoms with Crippen molar-refractivity contribution in [3.05, 3.63) is 52.6 Å². The van der Waals surface area contributed by atoms with Crippen LogP contribution >= 0.6 is 23.1 Å². The third-order valence-corrected chi connectivity index (χ3v) is 7.84. The number of aliphatic carboxylic acids is 1. The first-order valence-electron chi connectivity index (χ1n) is 10.7. The maximum absolute atomic E-state index is 12.9. The molecule has 2 saturated heterocycles. The maximum atomic E-state index is 12.9. The molecule has 5 heterocycles. The summed E-state index contributed by atoms with van der Waals surface area (Å²) in [5.41, 5.74) is 5.63. The number of fused-ring (bicyclic) bond motifs is 1. The molecule has 3 aliphatic heterocycles. The third kappa shape index (κ3) is 4.29. The molecule has 3 aliphatic rings. The molecule has 2 atom stereocenters. The highest BCUT2D eigenvalue weighted by atomic mass is 32.2. The molecule has 16 heteroatoms. The summed E-state index contributed by atoms with van der Waals surface area (Å²) in [4.78, 5) is 65.2. The highest BCUT2D eigenvalue weighted by Crippen LogP contribution is 2.41. The number of thioether (sulfide) groups is 1. The quantitative estimate of drug-likeness (QED) is 0.124. The van der Waals surface area contributed by atoms with Crippen LogP contribution in [0.4, 0.5) is 10.9 Å². The number of carboxylic acid groups (broad SMARTS) is 1. The van der Waals surface area contributed by atoms with Crippen molar-refractivity contribution in [3.63, 3.8) is 0 Å². The number of carboxylic acids is 1. The van der Waals surface area contributed by atoms with E-state index in [1.165, 1.54) is 46.7 Å². The number of aromatic nitrogens is 3. The van der Waals surface area contributed by atoms with Gasteiger partial charge in [-0.3, -0.25) is 29.2 Å². The van der Waals surface area contributed by atoms with Crippen molar-refractivity contribution in [3.8, 4) is 0 Å². The molecule has 0 spiro atoms. The monoisotopic (exact) mass is 542 g/mol. The summed E-state index contributed by atoms with van der Waals surface area (Å²) >= 11 is 2.28. The van der Waals surface area contributed by atoms with Gasteiger partial charge in [0.25, 0.3) is 17.7 Å². The van der Waals surface area contributed by atoms with Crippen LogP contribution < -0.4 is 16.0 Å². The number of carbonyl (C=O) groups is 4. The minimum Gasteiger partial charge on any atom is -0.477 e. The van der Waals surface area contributed by atoms with Crippen molar-refractivity contribution in [2.75, 3.05) is 22.9 Å². The molecule has 3 amide bonds. The molecule has 2 aromatic rings. The number of hydrogen-bond donors (Lipinski definition) is 4. The summed E-state index contributed by atoms with van der Waals surface area (Å²) in [7, 11) is 0. The zero-order valence-corrected chi connectivity index (χ0v) is 20.4. The zero-order valence-electron chi connectivity index (χ0n) is 18.8. The Morgan fingerprint density at radius 1 is 1.30 bits per heavy atom. The number of carbonyl (C=O) groups excluding carboxylic acids is 3. The summed E-state index contributed by atoms with van der Waals surface area (Å²) in [6, 6.07) is -1.05. The number of hydrogen-bond acceptors (Lipinski definition) is 12. The van der Waals surface area contributed by atoms with Gasteiger partial charge in [0.05, 0.1) is 6.20 Å². The number of β-lactam (4-membered cyclic amide) rings is 1. The number of nitrogens with two attached hydrogens (primary N) is 1. The van der Waals surface area contributed by atoms with Crippen molar-refractivity contribution in [2.45, 2.75) is 17.8 Å². The van der Waals surface area contributed by atoms with Crippen LogP contribution in [-0.2, 0) is 19.2 Å². The molecular weight excluding hydrogens is 524 g/mol. The van der Waals surface area contributed by atoms with E-state index in [1.807, 2.05) is 0 Å². The number of thiazole rings is 1. The average molecular weight is 543 g/mol. The fourth-order valence-electron chi connectivity index (χ4n) is 4.18. The minimum atomic E-state index is -1.33. The minimum absolute atomic E-state index is 0.0409. The lowest BCUT2D eigenvalue weighted by Gasteiger charge is -2.49. The Morgan fingerprint density at radius 2 is 2.11 bits per heavy atom. The lowest BCUT2D eigenvalue weighted by Crippen LogP contribution is -2.71. The molecule has 2 aromatic heterocycles. The molecule has 0 aliphatic carbocycles. The number of allylic oxidation sites excluding steroid dienone is 1. The number of nitrogens with one attached hydrogen (secondary N) is 1.